The van der Waals surface area contributed by atoms with Crippen LogP contribution < -0.4 is 0 Å². The predicted molar refractivity (Wildman–Crippen MR) is 60.7 cm³/mol. The Morgan fingerprint density at radius 1 is 1.47 bits per heavy atom. The Kier molecular flexibility index (Phi) is 4.83. The molecule has 15 heavy (non-hydrogen) atoms. The summed E-state index contributed by atoms with van der Waals surface area (Å²) in [6, 6.07) is 0. The Hall–Kier alpha value is 0.160. The molecule has 4 nitrogen and oxygen atoms in total. The molecule has 1 rings (SSSR count). The number of halogens is 1. The summed E-state index contributed by atoms with van der Waals surface area (Å²) >= 11 is 5.58. The van der Waals surface area contributed by atoms with Gasteiger partial charge < -0.3 is 4.74 Å². The average Bonchev–Trinajstić information content (AvgIpc) is 2.28. The number of methoxy groups -OCH3 is 1. The summed E-state index contributed by atoms with van der Waals surface area (Å²) < 4.78 is 30.5. The van der Waals surface area contributed by atoms with Gasteiger partial charge >= 0.3 is 0 Å². The van der Waals surface area contributed by atoms with E-state index in [-0.39, 0.29) is 12.0 Å². The molecule has 0 saturated carbocycles. The number of ether oxygens (including phenoxy) is 1. The minimum atomic E-state index is -3.20. The fourth-order valence-electron chi connectivity index (χ4n) is 1.66. The molecule has 1 aliphatic rings. The van der Waals surface area contributed by atoms with Crippen molar-refractivity contribution in [2.45, 2.75) is 31.1 Å². The maximum absolute atomic E-state index is 11.9. The van der Waals surface area contributed by atoms with Gasteiger partial charge in [-0.1, -0.05) is 0 Å². The number of hydrogen-bond acceptors (Lipinski definition) is 3. The maximum Gasteiger partial charge on any atom is 0.217 e. The summed E-state index contributed by atoms with van der Waals surface area (Å²) in [6.45, 7) is 2.73. The Morgan fingerprint density at radius 2 is 2.00 bits per heavy atom. The molecule has 1 atom stereocenters. The molecule has 0 spiro atoms. The van der Waals surface area contributed by atoms with Crippen LogP contribution in [0.3, 0.4) is 0 Å². The molecule has 0 aromatic carbocycles. The first-order valence-corrected chi connectivity index (χ1v) is 7.14. The van der Waals surface area contributed by atoms with Gasteiger partial charge in [0.1, 0.15) is 0 Å². The molecule has 0 N–H and O–H groups in total. The second-order valence-electron chi connectivity index (χ2n) is 3.84. The Bertz CT molecular complexity index is 286. The molecule has 0 amide bonds. The first kappa shape index (κ1) is 13.2. The number of sulfonamides is 1. The maximum atomic E-state index is 11.9. The summed E-state index contributed by atoms with van der Waals surface area (Å²) in [5.74, 6) is 0.145. The average molecular weight is 256 g/mol. The Balaban J connectivity index is 2.60. The molecular formula is C9H18ClNO3S. The number of piperidine rings is 1. The summed E-state index contributed by atoms with van der Waals surface area (Å²) in [5, 5.41) is -0.502. The molecule has 0 bridgehead atoms. The molecule has 0 aliphatic carbocycles. The van der Waals surface area contributed by atoms with Crippen LogP contribution in [0.5, 0.6) is 0 Å². The fourth-order valence-corrected chi connectivity index (χ4v) is 3.52. The van der Waals surface area contributed by atoms with Crippen LogP contribution in [0.1, 0.15) is 19.8 Å². The van der Waals surface area contributed by atoms with Gasteiger partial charge in [-0.25, -0.2) is 12.7 Å². The standard InChI is InChI=1S/C9H18ClNO3S/c1-8(7-10)15(12,13)11-5-3-9(14-2)4-6-11/h8-9H,3-7H2,1-2H3. The lowest BCUT2D eigenvalue weighted by atomic mass is 10.1. The molecule has 0 aromatic heterocycles. The normalized spacial score (nSPS) is 22.9. The lowest BCUT2D eigenvalue weighted by molar-refractivity contribution is 0.0603. The smallest absolute Gasteiger partial charge is 0.217 e. The summed E-state index contributed by atoms with van der Waals surface area (Å²) in [5.41, 5.74) is 0. The third-order valence-electron chi connectivity index (χ3n) is 2.82. The van der Waals surface area contributed by atoms with Crippen molar-refractivity contribution in [1.82, 2.24) is 4.31 Å². The minimum Gasteiger partial charge on any atom is -0.381 e. The zero-order chi connectivity index (χ0) is 11.5. The molecule has 6 heteroatoms. The van der Waals surface area contributed by atoms with E-state index in [2.05, 4.69) is 0 Å². The number of nitrogens with zero attached hydrogens (tertiary/aromatic N) is 1. The summed E-state index contributed by atoms with van der Waals surface area (Å²) in [7, 11) is -1.54. The van der Waals surface area contributed by atoms with Gasteiger partial charge in [0.05, 0.1) is 11.4 Å². The van der Waals surface area contributed by atoms with Crippen molar-refractivity contribution in [3.63, 3.8) is 0 Å². The van der Waals surface area contributed by atoms with Crippen LogP contribution in [-0.4, -0.2) is 50.2 Å². The second kappa shape index (κ2) is 5.48. The van der Waals surface area contributed by atoms with E-state index in [4.69, 9.17) is 16.3 Å². The van der Waals surface area contributed by atoms with Crippen molar-refractivity contribution in [1.29, 1.82) is 0 Å². The van der Waals surface area contributed by atoms with E-state index < -0.39 is 15.3 Å². The van der Waals surface area contributed by atoms with Crippen LogP contribution in [0.25, 0.3) is 0 Å². The van der Waals surface area contributed by atoms with E-state index >= 15 is 0 Å². The molecule has 1 aliphatic heterocycles. The minimum absolute atomic E-state index is 0.145. The lowest BCUT2D eigenvalue weighted by Crippen LogP contribution is -2.44. The molecule has 1 heterocycles. The van der Waals surface area contributed by atoms with Gasteiger partial charge in [0.25, 0.3) is 0 Å². The molecule has 1 saturated heterocycles. The zero-order valence-electron chi connectivity index (χ0n) is 9.15. The van der Waals surface area contributed by atoms with Crippen molar-refractivity contribution in [3.05, 3.63) is 0 Å². The van der Waals surface area contributed by atoms with Crippen LogP contribution in [0.2, 0.25) is 0 Å². The monoisotopic (exact) mass is 255 g/mol. The molecule has 1 unspecified atom stereocenters. The number of alkyl halides is 1. The van der Waals surface area contributed by atoms with Gasteiger partial charge in [0, 0.05) is 26.1 Å². The van der Waals surface area contributed by atoms with Crippen LogP contribution in [-0.2, 0) is 14.8 Å². The highest BCUT2D eigenvalue weighted by molar-refractivity contribution is 7.89. The van der Waals surface area contributed by atoms with E-state index in [1.54, 1.807) is 14.0 Å². The van der Waals surface area contributed by atoms with Crippen LogP contribution in [0.4, 0.5) is 0 Å². The third kappa shape index (κ3) is 3.06. The van der Waals surface area contributed by atoms with Crippen molar-refractivity contribution >= 4 is 21.6 Å². The van der Waals surface area contributed by atoms with Gasteiger partial charge in [-0.15, -0.1) is 11.6 Å². The van der Waals surface area contributed by atoms with Gasteiger partial charge in [0.15, 0.2) is 0 Å². The van der Waals surface area contributed by atoms with Crippen LogP contribution in [0.15, 0.2) is 0 Å². The summed E-state index contributed by atoms with van der Waals surface area (Å²) in [6.07, 6.45) is 1.73. The highest BCUT2D eigenvalue weighted by Gasteiger charge is 2.31. The third-order valence-corrected chi connectivity index (χ3v) is 5.73. The van der Waals surface area contributed by atoms with E-state index in [9.17, 15) is 8.42 Å². The topological polar surface area (TPSA) is 46.6 Å². The highest BCUT2D eigenvalue weighted by atomic mass is 35.5. The van der Waals surface area contributed by atoms with E-state index in [0.29, 0.717) is 13.1 Å². The van der Waals surface area contributed by atoms with Crippen LogP contribution >= 0.6 is 11.6 Å². The van der Waals surface area contributed by atoms with Crippen LogP contribution in [0, 0.1) is 0 Å². The number of rotatable bonds is 4. The summed E-state index contributed by atoms with van der Waals surface area (Å²) in [4.78, 5) is 0. The van der Waals surface area contributed by atoms with Crippen molar-refractivity contribution in [3.8, 4) is 0 Å². The lowest BCUT2D eigenvalue weighted by Gasteiger charge is -2.31. The predicted octanol–water partition coefficient (Wildman–Crippen LogP) is 1.05. The molecule has 1 fully saturated rings. The fraction of sp³-hybridized carbons (Fsp3) is 1.00. The van der Waals surface area contributed by atoms with E-state index in [0.717, 1.165) is 12.8 Å². The molecule has 0 radical (unpaired) electrons. The Labute approximate surface area is 96.6 Å². The Morgan fingerprint density at radius 3 is 2.40 bits per heavy atom. The van der Waals surface area contributed by atoms with Gasteiger partial charge in [-0.05, 0) is 19.8 Å². The molecule has 90 valence electrons. The first-order chi connectivity index (χ1) is 7.02. The van der Waals surface area contributed by atoms with Gasteiger partial charge in [0.2, 0.25) is 10.0 Å². The largest absolute Gasteiger partial charge is 0.381 e. The van der Waals surface area contributed by atoms with Crippen molar-refractivity contribution in [2.24, 2.45) is 0 Å². The molecular weight excluding hydrogens is 238 g/mol. The quantitative estimate of drug-likeness (QED) is 0.706. The highest BCUT2D eigenvalue weighted by Crippen LogP contribution is 2.19. The van der Waals surface area contributed by atoms with Gasteiger partial charge in [-0.3, -0.25) is 0 Å². The second-order valence-corrected chi connectivity index (χ2v) is 6.50. The zero-order valence-corrected chi connectivity index (χ0v) is 10.7. The van der Waals surface area contributed by atoms with E-state index in [1.807, 2.05) is 0 Å². The van der Waals surface area contributed by atoms with Crippen molar-refractivity contribution < 1.29 is 13.2 Å². The number of hydrogen-bond donors (Lipinski definition) is 0. The first-order valence-electron chi connectivity index (χ1n) is 5.10. The molecule has 0 aromatic rings. The van der Waals surface area contributed by atoms with Gasteiger partial charge in [-0.2, -0.15) is 0 Å². The van der Waals surface area contributed by atoms with E-state index in [1.165, 1.54) is 4.31 Å². The SMILES string of the molecule is COC1CCN(S(=O)(=O)C(C)CCl)CC1. The van der Waals surface area contributed by atoms with Crippen molar-refractivity contribution in [2.75, 3.05) is 26.1 Å².